The normalized spacial score (nSPS) is 10.3. The van der Waals surface area contributed by atoms with Crippen LogP contribution in [-0.2, 0) is 5.75 Å². The molecule has 0 spiro atoms. The molecule has 0 saturated heterocycles. The lowest BCUT2D eigenvalue weighted by molar-refractivity contribution is 0.936. The average Bonchev–Trinajstić information content (AvgIpc) is 2.74. The van der Waals surface area contributed by atoms with Crippen molar-refractivity contribution in [3.63, 3.8) is 0 Å². The highest BCUT2D eigenvalue weighted by Crippen LogP contribution is 2.24. The number of rotatable bonds is 4. The van der Waals surface area contributed by atoms with Crippen molar-refractivity contribution in [3.05, 3.63) is 33.7 Å². The SMILES string of the molecule is NNc1ncc(CSc2nccc(=O)[nH]2)s1. The van der Waals surface area contributed by atoms with Gasteiger partial charge < -0.3 is 4.98 Å². The van der Waals surface area contributed by atoms with Gasteiger partial charge in [0.1, 0.15) is 0 Å². The predicted molar refractivity (Wildman–Crippen MR) is 64.3 cm³/mol. The molecule has 0 fully saturated rings. The summed E-state index contributed by atoms with van der Waals surface area (Å²) in [6, 6.07) is 1.38. The molecule has 2 heterocycles. The molecule has 6 nitrogen and oxygen atoms in total. The fourth-order valence-corrected chi connectivity index (χ4v) is 2.60. The quantitative estimate of drug-likeness (QED) is 0.324. The summed E-state index contributed by atoms with van der Waals surface area (Å²) in [6.07, 6.45) is 3.23. The molecule has 2 aromatic heterocycles. The van der Waals surface area contributed by atoms with Crippen LogP contribution < -0.4 is 16.8 Å². The highest BCUT2D eigenvalue weighted by Gasteiger charge is 2.02. The molecule has 0 amide bonds. The van der Waals surface area contributed by atoms with Gasteiger partial charge in [0, 0.05) is 29.1 Å². The number of aromatic amines is 1. The van der Waals surface area contributed by atoms with Gasteiger partial charge in [-0.05, 0) is 0 Å². The Morgan fingerprint density at radius 1 is 1.56 bits per heavy atom. The molecule has 4 N–H and O–H groups in total. The summed E-state index contributed by atoms with van der Waals surface area (Å²) in [5.41, 5.74) is 2.33. The summed E-state index contributed by atoms with van der Waals surface area (Å²) in [7, 11) is 0. The van der Waals surface area contributed by atoms with Crippen molar-refractivity contribution in [2.45, 2.75) is 10.9 Å². The number of hydrazine groups is 1. The van der Waals surface area contributed by atoms with Crippen molar-refractivity contribution in [2.24, 2.45) is 5.84 Å². The van der Waals surface area contributed by atoms with Crippen LogP contribution in [0.4, 0.5) is 5.13 Å². The number of nitrogens with two attached hydrogens (primary N) is 1. The number of hydrogen-bond donors (Lipinski definition) is 3. The third kappa shape index (κ3) is 2.81. The van der Waals surface area contributed by atoms with Crippen LogP contribution in [0.2, 0.25) is 0 Å². The number of thiazole rings is 1. The number of nitrogens with zero attached hydrogens (tertiary/aromatic N) is 2. The molecule has 8 heteroatoms. The van der Waals surface area contributed by atoms with Crippen molar-refractivity contribution in [1.29, 1.82) is 0 Å². The number of nitrogens with one attached hydrogen (secondary N) is 2. The van der Waals surface area contributed by atoms with E-state index in [9.17, 15) is 4.79 Å². The van der Waals surface area contributed by atoms with E-state index in [4.69, 9.17) is 5.84 Å². The van der Waals surface area contributed by atoms with Crippen molar-refractivity contribution in [1.82, 2.24) is 15.0 Å². The topological polar surface area (TPSA) is 96.7 Å². The van der Waals surface area contributed by atoms with Crippen molar-refractivity contribution >= 4 is 28.2 Å². The van der Waals surface area contributed by atoms with E-state index in [-0.39, 0.29) is 5.56 Å². The second-order valence-electron chi connectivity index (χ2n) is 2.80. The molecule has 0 saturated carbocycles. The molecule has 2 rings (SSSR count). The predicted octanol–water partition coefficient (Wildman–Crippen LogP) is 0.804. The zero-order valence-electron chi connectivity index (χ0n) is 8.14. The highest BCUT2D eigenvalue weighted by molar-refractivity contribution is 7.98. The summed E-state index contributed by atoms with van der Waals surface area (Å²) in [4.78, 5) is 22.8. The number of nitrogen functional groups attached to an aromatic ring is 1. The first-order chi connectivity index (χ1) is 7.78. The minimum absolute atomic E-state index is 0.147. The van der Waals surface area contributed by atoms with Gasteiger partial charge in [-0.15, -0.1) is 11.3 Å². The average molecular weight is 255 g/mol. The van der Waals surface area contributed by atoms with E-state index in [0.29, 0.717) is 16.0 Å². The van der Waals surface area contributed by atoms with E-state index in [0.717, 1.165) is 4.88 Å². The van der Waals surface area contributed by atoms with Crippen LogP contribution in [0.5, 0.6) is 0 Å². The standard InChI is InChI=1S/C8H9N5OS2/c9-13-8-11-3-5(16-8)4-15-7-10-2-1-6(14)12-7/h1-3H,4,9H2,(H,11,13)(H,10,12,14). The number of hydrogen-bond acceptors (Lipinski definition) is 7. The van der Waals surface area contributed by atoms with Crippen LogP contribution in [0, 0.1) is 0 Å². The Morgan fingerprint density at radius 3 is 3.12 bits per heavy atom. The molecule has 0 radical (unpaired) electrons. The van der Waals surface area contributed by atoms with E-state index in [1.807, 2.05) is 0 Å². The Labute approximate surface area is 99.3 Å². The molecule has 84 valence electrons. The number of aromatic nitrogens is 3. The summed E-state index contributed by atoms with van der Waals surface area (Å²) in [5.74, 6) is 5.92. The maximum Gasteiger partial charge on any atom is 0.251 e. The Bertz CT molecular complexity index is 523. The van der Waals surface area contributed by atoms with Gasteiger partial charge in [0.25, 0.3) is 5.56 Å². The van der Waals surface area contributed by atoms with E-state index in [1.54, 1.807) is 6.20 Å². The molecular formula is C8H9N5OS2. The van der Waals surface area contributed by atoms with Gasteiger partial charge in [-0.3, -0.25) is 10.2 Å². The first kappa shape index (κ1) is 11.1. The summed E-state index contributed by atoms with van der Waals surface area (Å²) < 4.78 is 0. The van der Waals surface area contributed by atoms with Crippen LogP contribution >= 0.6 is 23.1 Å². The lowest BCUT2D eigenvalue weighted by atomic mass is 10.6. The van der Waals surface area contributed by atoms with E-state index in [1.165, 1.54) is 35.4 Å². The van der Waals surface area contributed by atoms with Crippen LogP contribution in [0.15, 0.2) is 28.4 Å². The van der Waals surface area contributed by atoms with Gasteiger partial charge in [-0.25, -0.2) is 15.8 Å². The third-order valence-corrected chi connectivity index (χ3v) is 3.72. The molecule has 0 atom stereocenters. The summed E-state index contributed by atoms with van der Waals surface area (Å²) in [5, 5.41) is 1.27. The van der Waals surface area contributed by atoms with E-state index >= 15 is 0 Å². The van der Waals surface area contributed by atoms with Crippen molar-refractivity contribution < 1.29 is 0 Å². The van der Waals surface area contributed by atoms with Gasteiger partial charge in [0.15, 0.2) is 10.3 Å². The first-order valence-corrected chi connectivity index (χ1v) is 6.17. The van der Waals surface area contributed by atoms with Crippen molar-refractivity contribution in [2.75, 3.05) is 5.43 Å². The molecule has 16 heavy (non-hydrogen) atoms. The maximum absolute atomic E-state index is 11.0. The smallest absolute Gasteiger partial charge is 0.251 e. The maximum atomic E-state index is 11.0. The van der Waals surface area contributed by atoms with Crippen LogP contribution in [0.25, 0.3) is 0 Å². The highest BCUT2D eigenvalue weighted by atomic mass is 32.2. The zero-order chi connectivity index (χ0) is 11.4. The van der Waals surface area contributed by atoms with Gasteiger partial charge >= 0.3 is 0 Å². The Morgan fingerprint density at radius 2 is 2.44 bits per heavy atom. The lowest BCUT2D eigenvalue weighted by Crippen LogP contribution is -2.05. The van der Waals surface area contributed by atoms with E-state index in [2.05, 4.69) is 20.4 Å². The van der Waals surface area contributed by atoms with Crippen LogP contribution in [0.1, 0.15) is 4.88 Å². The molecule has 0 unspecified atom stereocenters. The van der Waals surface area contributed by atoms with Gasteiger partial charge in [-0.1, -0.05) is 11.8 Å². The second-order valence-corrected chi connectivity index (χ2v) is 4.88. The number of thioether (sulfide) groups is 1. The number of H-pyrrole nitrogens is 1. The Hall–Kier alpha value is -1.38. The van der Waals surface area contributed by atoms with Gasteiger partial charge in [0.05, 0.1) is 0 Å². The lowest BCUT2D eigenvalue weighted by Gasteiger charge is -1.96. The molecule has 2 aromatic rings. The first-order valence-electron chi connectivity index (χ1n) is 4.37. The molecular weight excluding hydrogens is 246 g/mol. The molecule has 0 aliphatic heterocycles. The second kappa shape index (κ2) is 5.10. The summed E-state index contributed by atoms with van der Waals surface area (Å²) >= 11 is 2.92. The largest absolute Gasteiger partial charge is 0.301 e. The third-order valence-electron chi connectivity index (χ3n) is 1.68. The van der Waals surface area contributed by atoms with Crippen LogP contribution in [0.3, 0.4) is 0 Å². The fourth-order valence-electron chi connectivity index (χ4n) is 1.01. The molecule has 0 bridgehead atoms. The minimum atomic E-state index is -0.147. The van der Waals surface area contributed by atoms with Crippen LogP contribution in [-0.4, -0.2) is 15.0 Å². The monoisotopic (exact) mass is 255 g/mol. The summed E-state index contributed by atoms with van der Waals surface area (Å²) in [6.45, 7) is 0. The minimum Gasteiger partial charge on any atom is -0.301 e. The Balaban J connectivity index is 1.99. The van der Waals surface area contributed by atoms with Gasteiger partial charge in [0.2, 0.25) is 0 Å². The van der Waals surface area contributed by atoms with Gasteiger partial charge in [-0.2, -0.15) is 0 Å². The molecule has 0 aliphatic carbocycles. The van der Waals surface area contributed by atoms with E-state index < -0.39 is 0 Å². The zero-order valence-corrected chi connectivity index (χ0v) is 9.77. The Kier molecular flexibility index (Phi) is 3.54. The molecule has 0 aliphatic rings. The molecule has 0 aromatic carbocycles. The van der Waals surface area contributed by atoms with Crippen molar-refractivity contribution in [3.8, 4) is 0 Å². The fraction of sp³-hybridized carbons (Fsp3) is 0.125. The number of anilines is 1.